The molecule has 0 atom stereocenters. The zero-order chi connectivity index (χ0) is 29.5. The Bertz CT molecular complexity index is 2110. The van der Waals surface area contributed by atoms with Crippen LogP contribution in [0.15, 0.2) is 60.2 Å². The Morgan fingerprint density at radius 3 is 2.84 bits per heavy atom. The number of nitrogens with one attached hydrogen (secondary N) is 1. The number of rotatable bonds is 5. The standard InChI is InChI=1S/C31H32N10O2/c1-31(2)13-19-11-25-30(43)39(8-7-38(25)26(19)14-31)28-23(17-42)22(4-5-32-28)20-10-24(29-33-18-34-41(29)15-20)35-27-12-21-16-37(3)6-9-40(21)36-27/h4-5,7-8,10-12,15,18,42H,6,9,13-14,16-17H2,1-3H3,(H,35,36). The summed E-state index contributed by atoms with van der Waals surface area (Å²) in [6.45, 7) is 6.83. The Morgan fingerprint density at radius 2 is 1.98 bits per heavy atom. The molecule has 0 radical (unpaired) electrons. The van der Waals surface area contributed by atoms with Crippen molar-refractivity contribution in [3.8, 4) is 16.9 Å². The van der Waals surface area contributed by atoms with E-state index in [9.17, 15) is 9.90 Å². The second-order valence-electron chi connectivity index (χ2n) is 12.5. The van der Waals surface area contributed by atoms with E-state index in [0.717, 1.165) is 60.8 Å². The highest BCUT2D eigenvalue weighted by molar-refractivity contribution is 5.80. The van der Waals surface area contributed by atoms with Gasteiger partial charge in [-0.3, -0.25) is 18.9 Å². The van der Waals surface area contributed by atoms with E-state index in [-0.39, 0.29) is 17.6 Å². The quantitative estimate of drug-likeness (QED) is 0.321. The van der Waals surface area contributed by atoms with Crippen LogP contribution in [0.5, 0.6) is 0 Å². The van der Waals surface area contributed by atoms with Crippen LogP contribution in [0.1, 0.15) is 36.4 Å². The van der Waals surface area contributed by atoms with Crippen molar-refractivity contribution in [1.82, 2.24) is 43.2 Å². The lowest BCUT2D eigenvalue weighted by Crippen LogP contribution is -2.30. The number of hydrogen-bond donors (Lipinski definition) is 2. The molecule has 0 saturated carbocycles. The minimum absolute atomic E-state index is 0.169. The lowest BCUT2D eigenvalue weighted by molar-refractivity contribution is 0.259. The summed E-state index contributed by atoms with van der Waals surface area (Å²) in [5.41, 5.74) is 7.64. The van der Waals surface area contributed by atoms with E-state index in [0.29, 0.717) is 22.5 Å². The van der Waals surface area contributed by atoms with Crippen molar-refractivity contribution in [2.45, 2.75) is 46.4 Å². The van der Waals surface area contributed by atoms with Gasteiger partial charge in [0.1, 0.15) is 17.7 Å². The smallest absolute Gasteiger partial charge is 0.280 e. The third kappa shape index (κ3) is 4.16. The molecule has 0 amide bonds. The van der Waals surface area contributed by atoms with Crippen LogP contribution in [0.4, 0.5) is 11.5 Å². The monoisotopic (exact) mass is 576 g/mol. The summed E-state index contributed by atoms with van der Waals surface area (Å²) in [5.74, 6) is 1.13. The number of aliphatic hydroxyl groups is 1. The minimum atomic E-state index is -0.304. The van der Waals surface area contributed by atoms with E-state index in [1.807, 2.05) is 39.7 Å². The van der Waals surface area contributed by atoms with Gasteiger partial charge in [-0.25, -0.2) is 14.5 Å². The molecule has 0 spiro atoms. The van der Waals surface area contributed by atoms with Crippen LogP contribution in [0, 0.1) is 5.41 Å². The first-order chi connectivity index (χ1) is 20.8. The molecule has 2 N–H and O–H groups in total. The number of likely N-dealkylation sites (N-methyl/N-ethyl adjacent to an activating group) is 1. The van der Waals surface area contributed by atoms with E-state index >= 15 is 0 Å². The van der Waals surface area contributed by atoms with Crippen LogP contribution in [0.3, 0.4) is 0 Å². The summed E-state index contributed by atoms with van der Waals surface area (Å²) < 4.78 is 7.27. The minimum Gasteiger partial charge on any atom is -0.392 e. The van der Waals surface area contributed by atoms with E-state index in [2.05, 4.69) is 52.2 Å². The fraction of sp³-hybridized carbons (Fsp3) is 0.323. The Kier molecular flexibility index (Phi) is 5.62. The molecule has 43 heavy (non-hydrogen) atoms. The molecule has 12 nitrogen and oxygen atoms in total. The van der Waals surface area contributed by atoms with Gasteiger partial charge in [-0.1, -0.05) is 13.8 Å². The number of pyridine rings is 2. The van der Waals surface area contributed by atoms with Gasteiger partial charge in [-0.05, 0) is 54.6 Å². The van der Waals surface area contributed by atoms with Gasteiger partial charge >= 0.3 is 0 Å². The molecule has 0 bridgehead atoms. The predicted molar refractivity (Wildman–Crippen MR) is 162 cm³/mol. The molecular formula is C31H32N10O2. The molecule has 6 aromatic rings. The van der Waals surface area contributed by atoms with Crippen molar-refractivity contribution in [2.24, 2.45) is 5.41 Å². The van der Waals surface area contributed by atoms with Gasteiger partial charge in [0.2, 0.25) is 0 Å². The molecular weight excluding hydrogens is 544 g/mol. The van der Waals surface area contributed by atoms with E-state index < -0.39 is 0 Å². The van der Waals surface area contributed by atoms with Crippen molar-refractivity contribution in [3.63, 3.8) is 0 Å². The third-order valence-corrected chi connectivity index (χ3v) is 8.71. The van der Waals surface area contributed by atoms with E-state index in [1.165, 1.54) is 22.2 Å². The Morgan fingerprint density at radius 1 is 1.09 bits per heavy atom. The number of anilines is 2. The molecule has 0 unspecified atom stereocenters. The summed E-state index contributed by atoms with van der Waals surface area (Å²) in [6, 6.07) is 7.88. The molecule has 8 rings (SSSR count). The average Bonchev–Trinajstić information content (AvgIpc) is 3.75. The fourth-order valence-electron chi connectivity index (χ4n) is 6.70. The summed E-state index contributed by atoms with van der Waals surface area (Å²) in [5, 5.41) is 23.2. The normalized spacial score (nSPS) is 16.2. The van der Waals surface area contributed by atoms with Crippen molar-refractivity contribution >= 4 is 22.7 Å². The highest BCUT2D eigenvalue weighted by Crippen LogP contribution is 2.37. The second-order valence-corrected chi connectivity index (χ2v) is 12.5. The molecule has 7 heterocycles. The highest BCUT2D eigenvalue weighted by atomic mass is 16.3. The number of hydrogen-bond acceptors (Lipinski definition) is 8. The van der Waals surface area contributed by atoms with Crippen LogP contribution in [0.2, 0.25) is 0 Å². The Hall–Kier alpha value is -4.81. The van der Waals surface area contributed by atoms with Crippen molar-refractivity contribution in [2.75, 3.05) is 18.9 Å². The van der Waals surface area contributed by atoms with Crippen molar-refractivity contribution in [1.29, 1.82) is 0 Å². The maximum Gasteiger partial charge on any atom is 0.280 e. The first-order valence-corrected chi connectivity index (χ1v) is 14.5. The molecule has 6 aromatic heterocycles. The first-order valence-electron chi connectivity index (χ1n) is 14.5. The molecule has 218 valence electrons. The molecule has 0 fully saturated rings. The van der Waals surface area contributed by atoms with Crippen LogP contribution in [-0.4, -0.2) is 61.9 Å². The number of aliphatic hydroxyl groups excluding tert-OH is 1. The largest absolute Gasteiger partial charge is 0.392 e. The van der Waals surface area contributed by atoms with Crippen molar-refractivity contribution in [3.05, 3.63) is 88.2 Å². The van der Waals surface area contributed by atoms with Crippen molar-refractivity contribution < 1.29 is 5.11 Å². The molecule has 0 saturated heterocycles. The third-order valence-electron chi connectivity index (χ3n) is 8.71. The zero-order valence-corrected chi connectivity index (χ0v) is 24.3. The highest BCUT2D eigenvalue weighted by Gasteiger charge is 2.32. The van der Waals surface area contributed by atoms with Gasteiger partial charge in [-0.15, -0.1) is 0 Å². The van der Waals surface area contributed by atoms with Gasteiger partial charge in [-0.2, -0.15) is 10.2 Å². The van der Waals surface area contributed by atoms with Gasteiger partial charge in [0, 0.05) is 60.8 Å². The lowest BCUT2D eigenvalue weighted by atomic mass is 9.90. The first kappa shape index (κ1) is 25.9. The second kappa shape index (κ2) is 9.35. The maximum atomic E-state index is 13.8. The maximum absolute atomic E-state index is 13.8. The Labute approximate surface area is 246 Å². The average molecular weight is 577 g/mol. The van der Waals surface area contributed by atoms with E-state index in [4.69, 9.17) is 5.10 Å². The Balaban J connectivity index is 1.22. The van der Waals surface area contributed by atoms with Gasteiger partial charge in [0.25, 0.3) is 5.56 Å². The summed E-state index contributed by atoms with van der Waals surface area (Å²) in [6.07, 6.45) is 10.6. The van der Waals surface area contributed by atoms with Crippen LogP contribution >= 0.6 is 0 Å². The number of fused-ring (bicyclic) bond motifs is 5. The molecule has 1 aliphatic carbocycles. The summed E-state index contributed by atoms with van der Waals surface area (Å²) in [7, 11) is 2.10. The fourth-order valence-corrected chi connectivity index (χ4v) is 6.70. The van der Waals surface area contributed by atoms with E-state index in [1.54, 1.807) is 16.9 Å². The SMILES string of the molecule is CN1CCn2nc(Nc3cc(-c4ccnc(-n5ccn6c7c(cc6c5=O)CC(C)(C)C7)c4CO)cn4ncnc34)cc2C1. The van der Waals surface area contributed by atoms with Gasteiger partial charge in [0.05, 0.1) is 24.5 Å². The summed E-state index contributed by atoms with van der Waals surface area (Å²) in [4.78, 5) is 25.1. The number of aromatic nitrogens is 8. The zero-order valence-electron chi connectivity index (χ0n) is 24.3. The van der Waals surface area contributed by atoms with Gasteiger partial charge < -0.3 is 14.8 Å². The lowest BCUT2D eigenvalue weighted by Gasteiger charge is -2.22. The molecule has 2 aliphatic rings. The topological polar surface area (TPSA) is 123 Å². The number of nitrogens with zero attached hydrogens (tertiary/aromatic N) is 9. The van der Waals surface area contributed by atoms with Crippen LogP contribution < -0.4 is 10.9 Å². The molecule has 1 aliphatic heterocycles. The van der Waals surface area contributed by atoms with Gasteiger partial charge in [0.15, 0.2) is 11.5 Å². The van der Waals surface area contributed by atoms with Crippen LogP contribution in [-0.2, 0) is 32.5 Å². The predicted octanol–water partition coefficient (Wildman–Crippen LogP) is 3.20. The molecule has 0 aromatic carbocycles. The van der Waals surface area contributed by atoms with Crippen LogP contribution in [0.25, 0.3) is 28.1 Å². The molecule has 12 heteroatoms. The summed E-state index contributed by atoms with van der Waals surface area (Å²) >= 11 is 0.